The number of rotatable bonds is 8. The molecule has 140 valence electrons. The summed E-state index contributed by atoms with van der Waals surface area (Å²) in [6.45, 7) is 3.58. The normalized spacial score (nSPS) is 11.6. The summed E-state index contributed by atoms with van der Waals surface area (Å²) in [6.07, 6.45) is 2.59. The van der Waals surface area contributed by atoms with Crippen LogP contribution < -0.4 is 0 Å². The van der Waals surface area contributed by atoms with E-state index in [1.165, 1.54) is 11.1 Å². The standard InChI is InChI=1S/C23H25NO2S/c1-23(2,22(25)26)14-8-9-15-27-21-16-19(17-10-4-3-5-11-17)18-12-6-7-13-20(18)24-21/h3-7,10-13,16H,8-9,14-15H2,1-2H3,(H,25,26). The van der Waals surface area contributed by atoms with Crippen LogP contribution in [-0.2, 0) is 4.79 Å². The minimum Gasteiger partial charge on any atom is -0.481 e. The quantitative estimate of drug-likeness (QED) is 0.370. The first-order valence-electron chi connectivity index (χ1n) is 9.29. The summed E-state index contributed by atoms with van der Waals surface area (Å²) in [5.74, 6) is 0.216. The van der Waals surface area contributed by atoms with Crippen molar-refractivity contribution in [2.75, 3.05) is 5.75 Å². The zero-order chi connectivity index (χ0) is 19.3. The van der Waals surface area contributed by atoms with Gasteiger partial charge >= 0.3 is 5.97 Å². The van der Waals surface area contributed by atoms with Gasteiger partial charge < -0.3 is 5.11 Å². The molecule has 3 nitrogen and oxygen atoms in total. The highest BCUT2D eigenvalue weighted by Crippen LogP contribution is 2.32. The first-order chi connectivity index (χ1) is 13.0. The summed E-state index contributed by atoms with van der Waals surface area (Å²) in [4.78, 5) is 16.0. The van der Waals surface area contributed by atoms with Crippen LogP contribution in [0.1, 0.15) is 33.1 Å². The number of unbranched alkanes of at least 4 members (excludes halogenated alkanes) is 1. The summed E-state index contributed by atoms with van der Waals surface area (Å²) in [5.41, 5.74) is 2.76. The molecule has 1 aromatic heterocycles. The van der Waals surface area contributed by atoms with Crippen LogP contribution in [0, 0.1) is 5.41 Å². The molecule has 0 aliphatic carbocycles. The Hall–Kier alpha value is -2.33. The van der Waals surface area contributed by atoms with Crippen molar-refractivity contribution in [2.24, 2.45) is 5.41 Å². The van der Waals surface area contributed by atoms with Crippen LogP contribution in [-0.4, -0.2) is 21.8 Å². The number of aromatic nitrogens is 1. The Morgan fingerprint density at radius 2 is 1.74 bits per heavy atom. The third kappa shape index (κ3) is 4.89. The Bertz CT molecular complexity index is 922. The maximum atomic E-state index is 11.2. The lowest BCUT2D eigenvalue weighted by atomic mass is 9.88. The Kier molecular flexibility index (Phi) is 6.17. The van der Waals surface area contributed by atoms with E-state index in [1.54, 1.807) is 25.6 Å². The van der Waals surface area contributed by atoms with Gasteiger partial charge in [0.25, 0.3) is 0 Å². The van der Waals surface area contributed by atoms with Crippen LogP contribution in [0.2, 0.25) is 0 Å². The fourth-order valence-corrected chi connectivity index (χ4v) is 3.96. The molecule has 3 rings (SSSR count). The lowest BCUT2D eigenvalue weighted by Gasteiger charge is -2.18. The fourth-order valence-electron chi connectivity index (χ4n) is 3.03. The number of para-hydroxylation sites is 1. The minimum absolute atomic E-state index is 0.646. The highest BCUT2D eigenvalue weighted by atomic mass is 32.2. The number of thioether (sulfide) groups is 1. The molecule has 0 aliphatic heterocycles. The van der Waals surface area contributed by atoms with Crippen molar-refractivity contribution in [3.63, 3.8) is 0 Å². The van der Waals surface area contributed by atoms with Gasteiger partial charge in [0.15, 0.2) is 0 Å². The summed E-state index contributed by atoms with van der Waals surface area (Å²) in [7, 11) is 0. The molecule has 0 saturated heterocycles. The first-order valence-corrected chi connectivity index (χ1v) is 10.3. The van der Waals surface area contributed by atoms with Gasteiger partial charge in [0.2, 0.25) is 0 Å². The van der Waals surface area contributed by atoms with Gasteiger partial charge in [0.05, 0.1) is 16.0 Å². The molecule has 0 fully saturated rings. The van der Waals surface area contributed by atoms with Crippen LogP contribution in [0.25, 0.3) is 22.0 Å². The van der Waals surface area contributed by atoms with E-state index in [2.05, 4.69) is 42.5 Å². The van der Waals surface area contributed by atoms with Crippen LogP contribution in [0.3, 0.4) is 0 Å². The van der Waals surface area contributed by atoms with Crippen molar-refractivity contribution in [1.82, 2.24) is 4.98 Å². The molecule has 0 radical (unpaired) electrons. The van der Waals surface area contributed by atoms with Gasteiger partial charge in [-0.05, 0) is 55.7 Å². The van der Waals surface area contributed by atoms with Gasteiger partial charge in [-0.1, -0.05) is 55.0 Å². The van der Waals surface area contributed by atoms with E-state index < -0.39 is 11.4 Å². The summed E-state index contributed by atoms with van der Waals surface area (Å²) in [5, 5.41) is 11.4. The zero-order valence-corrected chi connectivity index (χ0v) is 16.6. The Morgan fingerprint density at radius 1 is 1.04 bits per heavy atom. The van der Waals surface area contributed by atoms with Gasteiger partial charge in [-0.3, -0.25) is 4.79 Å². The molecule has 3 aromatic rings. The minimum atomic E-state index is -0.723. The lowest BCUT2D eigenvalue weighted by Crippen LogP contribution is -2.23. The Balaban J connectivity index is 1.71. The molecule has 27 heavy (non-hydrogen) atoms. The van der Waals surface area contributed by atoms with Gasteiger partial charge in [-0.15, -0.1) is 11.8 Å². The Morgan fingerprint density at radius 3 is 2.48 bits per heavy atom. The Labute approximate surface area is 164 Å². The molecule has 0 amide bonds. The molecule has 0 spiro atoms. The molecule has 0 bridgehead atoms. The van der Waals surface area contributed by atoms with E-state index in [0.717, 1.165) is 34.5 Å². The van der Waals surface area contributed by atoms with Crippen LogP contribution in [0.4, 0.5) is 0 Å². The van der Waals surface area contributed by atoms with Crippen LogP contribution >= 0.6 is 11.8 Å². The van der Waals surface area contributed by atoms with Crippen LogP contribution in [0.15, 0.2) is 65.7 Å². The van der Waals surface area contributed by atoms with Crippen molar-refractivity contribution >= 4 is 28.6 Å². The third-order valence-corrected chi connectivity index (χ3v) is 5.80. The monoisotopic (exact) mass is 379 g/mol. The maximum Gasteiger partial charge on any atom is 0.309 e. The molecule has 1 heterocycles. The summed E-state index contributed by atoms with van der Waals surface area (Å²) < 4.78 is 0. The molecule has 0 aliphatic rings. The van der Waals surface area contributed by atoms with E-state index >= 15 is 0 Å². The maximum absolute atomic E-state index is 11.2. The first kappa shape index (κ1) is 19.4. The molecule has 0 unspecified atom stereocenters. The molecular formula is C23H25NO2S. The average Bonchev–Trinajstić information content (AvgIpc) is 2.67. The van der Waals surface area contributed by atoms with Gasteiger partial charge in [-0.2, -0.15) is 0 Å². The van der Waals surface area contributed by atoms with E-state index in [4.69, 9.17) is 4.98 Å². The predicted molar refractivity (Wildman–Crippen MR) is 113 cm³/mol. The fraction of sp³-hybridized carbons (Fsp3) is 0.304. The van der Waals surface area contributed by atoms with Gasteiger partial charge in [0, 0.05) is 5.39 Å². The van der Waals surface area contributed by atoms with Crippen molar-refractivity contribution < 1.29 is 9.90 Å². The van der Waals surface area contributed by atoms with E-state index in [-0.39, 0.29) is 0 Å². The topological polar surface area (TPSA) is 50.2 Å². The lowest BCUT2D eigenvalue weighted by molar-refractivity contribution is -0.147. The van der Waals surface area contributed by atoms with Crippen LogP contribution in [0.5, 0.6) is 0 Å². The zero-order valence-electron chi connectivity index (χ0n) is 15.8. The number of carbonyl (C=O) groups is 1. The van der Waals surface area contributed by atoms with Crippen molar-refractivity contribution in [2.45, 2.75) is 38.1 Å². The smallest absolute Gasteiger partial charge is 0.309 e. The van der Waals surface area contributed by atoms with E-state index in [0.29, 0.717) is 6.42 Å². The summed E-state index contributed by atoms with van der Waals surface area (Å²) >= 11 is 1.74. The number of hydrogen-bond donors (Lipinski definition) is 1. The van der Waals surface area contributed by atoms with Gasteiger partial charge in [-0.25, -0.2) is 4.98 Å². The van der Waals surface area contributed by atoms with Crippen molar-refractivity contribution in [3.8, 4) is 11.1 Å². The second-order valence-corrected chi connectivity index (χ2v) is 8.50. The molecule has 4 heteroatoms. The highest BCUT2D eigenvalue weighted by molar-refractivity contribution is 7.99. The van der Waals surface area contributed by atoms with E-state index in [9.17, 15) is 9.90 Å². The highest BCUT2D eigenvalue weighted by Gasteiger charge is 2.25. The van der Waals surface area contributed by atoms with Gasteiger partial charge in [0.1, 0.15) is 0 Å². The number of nitrogens with zero attached hydrogens (tertiary/aromatic N) is 1. The predicted octanol–water partition coefficient (Wildman–Crippen LogP) is 6.28. The molecule has 0 saturated carbocycles. The number of hydrogen-bond acceptors (Lipinski definition) is 3. The number of fused-ring (bicyclic) bond motifs is 1. The third-order valence-electron chi connectivity index (χ3n) is 4.80. The SMILES string of the molecule is CC(C)(CCCCSc1cc(-c2ccccc2)c2ccccc2n1)C(=O)O. The molecule has 1 N–H and O–H groups in total. The average molecular weight is 380 g/mol. The summed E-state index contributed by atoms with van der Waals surface area (Å²) in [6, 6.07) is 20.8. The molecule has 2 aromatic carbocycles. The number of carboxylic acids is 1. The number of pyridine rings is 1. The van der Waals surface area contributed by atoms with E-state index in [1.807, 2.05) is 18.2 Å². The number of aliphatic carboxylic acids is 1. The second-order valence-electron chi connectivity index (χ2n) is 7.39. The van der Waals surface area contributed by atoms with Crippen molar-refractivity contribution in [3.05, 3.63) is 60.7 Å². The largest absolute Gasteiger partial charge is 0.481 e. The molecule has 0 atom stereocenters. The van der Waals surface area contributed by atoms with Crippen molar-refractivity contribution in [1.29, 1.82) is 0 Å². The number of benzene rings is 2. The molecular weight excluding hydrogens is 354 g/mol. The number of carboxylic acid groups (broad SMARTS) is 1. The second kappa shape index (κ2) is 8.57.